The zero-order valence-corrected chi connectivity index (χ0v) is 10.4. The quantitative estimate of drug-likeness (QED) is 0.522. The van der Waals surface area contributed by atoms with Crippen molar-refractivity contribution >= 4 is 17.7 Å². The van der Waals surface area contributed by atoms with Gasteiger partial charge < -0.3 is 10.1 Å². The van der Waals surface area contributed by atoms with Crippen LogP contribution in [0.5, 0.6) is 0 Å². The van der Waals surface area contributed by atoms with Crippen molar-refractivity contribution in [2.75, 3.05) is 25.2 Å². The molecule has 4 heteroatoms. The normalized spacial score (nSPS) is 14.9. The van der Waals surface area contributed by atoms with E-state index in [9.17, 15) is 4.79 Å². The molecule has 0 spiro atoms. The fourth-order valence-corrected chi connectivity index (χ4v) is 2.28. The minimum atomic E-state index is -0.538. The van der Waals surface area contributed by atoms with Crippen LogP contribution in [0.3, 0.4) is 0 Å². The van der Waals surface area contributed by atoms with Crippen LogP contribution >= 0.6 is 11.8 Å². The molecule has 0 bridgehead atoms. The van der Waals surface area contributed by atoms with Gasteiger partial charge in [0.2, 0.25) is 0 Å². The topological polar surface area (TPSA) is 38.3 Å². The molecule has 0 aromatic carbocycles. The molecule has 0 aromatic heterocycles. The van der Waals surface area contributed by atoms with Crippen LogP contribution in [-0.2, 0) is 9.53 Å². The summed E-state index contributed by atoms with van der Waals surface area (Å²) < 4.78 is 4.78. The molecule has 84 valence electrons. The highest BCUT2D eigenvalue weighted by Gasteiger charge is 2.32. The number of thioether (sulfide) groups is 1. The molecule has 0 heterocycles. The van der Waals surface area contributed by atoms with E-state index >= 15 is 0 Å². The fraction of sp³-hybridized carbons (Fsp3) is 0.900. The summed E-state index contributed by atoms with van der Waals surface area (Å²) in [6, 6.07) is 0. The number of esters is 1. The Labute approximate surface area is 91.0 Å². The van der Waals surface area contributed by atoms with Crippen LogP contribution in [0.25, 0.3) is 0 Å². The Morgan fingerprint density at radius 1 is 1.50 bits per heavy atom. The number of methoxy groups -OCH3 is 1. The Kier molecular flexibility index (Phi) is 7.01. The lowest BCUT2D eigenvalue weighted by Crippen LogP contribution is -2.52. The molecule has 0 rings (SSSR count). The first kappa shape index (κ1) is 13.8. The maximum absolute atomic E-state index is 11.5. The molecule has 0 amide bonds. The van der Waals surface area contributed by atoms with Crippen molar-refractivity contribution < 1.29 is 9.53 Å². The molecule has 0 saturated heterocycles. The maximum atomic E-state index is 11.5. The highest BCUT2D eigenvalue weighted by molar-refractivity contribution is 7.99. The summed E-state index contributed by atoms with van der Waals surface area (Å²) in [5.74, 6) is 1.67. The van der Waals surface area contributed by atoms with E-state index in [1.165, 1.54) is 7.11 Å². The number of nitrogens with one attached hydrogen (secondary N) is 1. The zero-order valence-electron chi connectivity index (χ0n) is 9.55. The van der Waals surface area contributed by atoms with Crippen molar-refractivity contribution in [2.45, 2.75) is 32.7 Å². The number of ether oxygens (including phenoxy) is 1. The average molecular weight is 219 g/mol. The molecule has 0 aliphatic rings. The SMILES string of the molecule is CCCSCC(C)(NCC)C(=O)OC. The first-order valence-corrected chi connectivity index (χ1v) is 6.17. The van der Waals surface area contributed by atoms with E-state index in [0.29, 0.717) is 0 Å². The van der Waals surface area contributed by atoms with E-state index in [0.717, 1.165) is 24.5 Å². The number of likely N-dealkylation sites (N-methyl/N-ethyl adjacent to an activating group) is 1. The lowest BCUT2D eigenvalue weighted by molar-refractivity contribution is -0.146. The second kappa shape index (κ2) is 7.12. The summed E-state index contributed by atoms with van der Waals surface area (Å²) in [6.45, 7) is 6.80. The Bertz CT molecular complexity index is 176. The van der Waals surface area contributed by atoms with Gasteiger partial charge in [-0.05, 0) is 25.6 Å². The highest BCUT2D eigenvalue weighted by Crippen LogP contribution is 2.15. The van der Waals surface area contributed by atoms with Crippen LogP contribution in [0.2, 0.25) is 0 Å². The molecule has 0 fully saturated rings. The van der Waals surface area contributed by atoms with E-state index in [-0.39, 0.29) is 5.97 Å². The standard InChI is InChI=1S/C10H21NO2S/c1-5-7-14-8-10(3,11-6-2)9(12)13-4/h11H,5-8H2,1-4H3. The lowest BCUT2D eigenvalue weighted by Gasteiger charge is -2.26. The summed E-state index contributed by atoms with van der Waals surface area (Å²) in [7, 11) is 1.43. The van der Waals surface area contributed by atoms with Gasteiger partial charge in [-0.2, -0.15) is 11.8 Å². The fourth-order valence-electron chi connectivity index (χ4n) is 1.22. The van der Waals surface area contributed by atoms with Gasteiger partial charge in [-0.3, -0.25) is 4.79 Å². The van der Waals surface area contributed by atoms with E-state index < -0.39 is 5.54 Å². The summed E-state index contributed by atoms with van der Waals surface area (Å²) in [5, 5.41) is 3.17. The molecule has 1 atom stereocenters. The Morgan fingerprint density at radius 2 is 2.14 bits per heavy atom. The van der Waals surface area contributed by atoms with Crippen LogP contribution in [0, 0.1) is 0 Å². The van der Waals surface area contributed by atoms with Crippen LogP contribution in [0.1, 0.15) is 27.2 Å². The number of carbonyl (C=O) groups is 1. The zero-order chi connectivity index (χ0) is 11.0. The molecular formula is C10H21NO2S. The van der Waals surface area contributed by atoms with Crippen molar-refractivity contribution in [3.63, 3.8) is 0 Å². The van der Waals surface area contributed by atoms with Crippen molar-refractivity contribution in [1.82, 2.24) is 5.32 Å². The minimum absolute atomic E-state index is 0.178. The van der Waals surface area contributed by atoms with Gasteiger partial charge in [-0.15, -0.1) is 0 Å². The molecule has 14 heavy (non-hydrogen) atoms. The Balaban J connectivity index is 4.16. The van der Waals surface area contributed by atoms with E-state index in [4.69, 9.17) is 4.74 Å². The van der Waals surface area contributed by atoms with Crippen LogP contribution in [-0.4, -0.2) is 36.7 Å². The second-order valence-corrected chi connectivity index (χ2v) is 4.51. The lowest BCUT2D eigenvalue weighted by atomic mass is 10.1. The summed E-state index contributed by atoms with van der Waals surface area (Å²) in [6.07, 6.45) is 1.13. The summed E-state index contributed by atoms with van der Waals surface area (Å²) >= 11 is 1.78. The molecule has 1 N–H and O–H groups in total. The Hall–Kier alpha value is -0.220. The first-order chi connectivity index (χ1) is 6.60. The summed E-state index contributed by atoms with van der Waals surface area (Å²) in [5.41, 5.74) is -0.538. The highest BCUT2D eigenvalue weighted by atomic mass is 32.2. The Morgan fingerprint density at radius 3 is 2.57 bits per heavy atom. The monoisotopic (exact) mass is 219 g/mol. The van der Waals surface area contributed by atoms with Gasteiger partial charge in [0.05, 0.1) is 7.11 Å². The number of rotatable bonds is 7. The van der Waals surface area contributed by atoms with Gasteiger partial charge in [-0.25, -0.2) is 0 Å². The summed E-state index contributed by atoms with van der Waals surface area (Å²) in [4.78, 5) is 11.5. The smallest absolute Gasteiger partial charge is 0.326 e. The van der Waals surface area contributed by atoms with Crippen molar-refractivity contribution in [1.29, 1.82) is 0 Å². The van der Waals surface area contributed by atoms with Crippen molar-refractivity contribution in [2.24, 2.45) is 0 Å². The van der Waals surface area contributed by atoms with Gasteiger partial charge in [0, 0.05) is 5.75 Å². The third-order valence-electron chi connectivity index (χ3n) is 1.94. The van der Waals surface area contributed by atoms with Gasteiger partial charge in [-0.1, -0.05) is 13.8 Å². The molecule has 0 saturated carbocycles. The van der Waals surface area contributed by atoms with Crippen LogP contribution in [0.15, 0.2) is 0 Å². The largest absolute Gasteiger partial charge is 0.468 e. The minimum Gasteiger partial charge on any atom is -0.468 e. The van der Waals surface area contributed by atoms with Gasteiger partial charge in [0.25, 0.3) is 0 Å². The molecular weight excluding hydrogens is 198 g/mol. The molecule has 0 aliphatic carbocycles. The first-order valence-electron chi connectivity index (χ1n) is 5.02. The van der Waals surface area contributed by atoms with Crippen molar-refractivity contribution in [3.05, 3.63) is 0 Å². The van der Waals surface area contributed by atoms with Gasteiger partial charge in [0.1, 0.15) is 5.54 Å². The number of carbonyl (C=O) groups excluding carboxylic acids is 1. The second-order valence-electron chi connectivity index (χ2n) is 3.41. The van der Waals surface area contributed by atoms with E-state index in [2.05, 4.69) is 12.2 Å². The average Bonchev–Trinajstić information content (AvgIpc) is 2.17. The molecule has 0 radical (unpaired) electrons. The van der Waals surface area contributed by atoms with E-state index in [1.54, 1.807) is 11.8 Å². The predicted octanol–water partition coefficient (Wildman–Crippen LogP) is 1.67. The molecule has 0 aliphatic heterocycles. The van der Waals surface area contributed by atoms with Crippen LogP contribution < -0.4 is 5.32 Å². The third-order valence-corrected chi connectivity index (χ3v) is 3.42. The number of hydrogen-bond acceptors (Lipinski definition) is 4. The predicted molar refractivity (Wildman–Crippen MR) is 61.7 cm³/mol. The third kappa shape index (κ3) is 4.33. The van der Waals surface area contributed by atoms with Crippen LogP contribution in [0.4, 0.5) is 0 Å². The molecule has 3 nitrogen and oxygen atoms in total. The maximum Gasteiger partial charge on any atom is 0.326 e. The molecule has 1 unspecified atom stereocenters. The van der Waals surface area contributed by atoms with E-state index in [1.807, 2.05) is 13.8 Å². The van der Waals surface area contributed by atoms with Gasteiger partial charge >= 0.3 is 5.97 Å². The van der Waals surface area contributed by atoms with Gasteiger partial charge in [0.15, 0.2) is 0 Å². The number of hydrogen-bond donors (Lipinski definition) is 1. The van der Waals surface area contributed by atoms with Crippen molar-refractivity contribution in [3.8, 4) is 0 Å². The molecule has 0 aromatic rings.